The topological polar surface area (TPSA) is 68.0 Å². The van der Waals surface area contributed by atoms with Crippen LogP contribution in [0.2, 0.25) is 0 Å². The first-order valence-electron chi connectivity index (χ1n) is 7.69. The summed E-state index contributed by atoms with van der Waals surface area (Å²) >= 11 is 1.36. The number of anilines is 1. The summed E-state index contributed by atoms with van der Waals surface area (Å²) < 4.78 is 0. The fourth-order valence-corrected chi connectivity index (χ4v) is 3.49. The Labute approximate surface area is 139 Å². The number of carbonyl (C=O) groups excluding carboxylic acids is 1. The highest BCUT2D eigenvalue weighted by Crippen LogP contribution is 2.32. The summed E-state index contributed by atoms with van der Waals surface area (Å²) in [5.74, 6) is -0.147. The van der Waals surface area contributed by atoms with Crippen molar-refractivity contribution in [2.75, 3.05) is 5.73 Å². The number of thiophene rings is 1. The normalized spacial score (nSPS) is 10.8. The second kappa shape index (κ2) is 6.79. The number of pyridine rings is 1. The van der Waals surface area contributed by atoms with Crippen molar-refractivity contribution < 1.29 is 4.79 Å². The van der Waals surface area contributed by atoms with Crippen LogP contribution in [-0.2, 0) is 13.0 Å². The number of fused-ring (bicyclic) bond motifs is 1. The minimum atomic E-state index is -0.147. The Hall–Kier alpha value is -2.40. The molecule has 3 aromatic rings. The van der Waals surface area contributed by atoms with E-state index >= 15 is 0 Å². The first-order chi connectivity index (χ1) is 11.2. The number of nitrogens with one attached hydrogen (secondary N) is 1. The van der Waals surface area contributed by atoms with Crippen molar-refractivity contribution in [3.63, 3.8) is 0 Å². The van der Waals surface area contributed by atoms with E-state index in [9.17, 15) is 4.79 Å². The number of aryl methyl sites for hydroxylation is 1. The van der Waals surface area contributed by atoms with Crippen LogP contribution >= 0.6 is 11.3 Å². The Kier molecular flexibility index (Phi) is 4.57. The van der Waals surface area contributed by atoms with E-state index in [1.807, 2.05) is 42.5 Å². The Balaban J connectivity index is 1.81. The number of aromatic nitrogens is 1. The summed E-state index contributed by atoms with van der Waals surface area (Å²) in [6, 6.07) is 13.8. The molecular formula is C18H19N3OS. The third-order valence-electron chi connectivity index (χ3n) is 3.66. The van der Waals surface area contributed by atoms with Crippen molar-refractivity contribution in [2.45, 2.75) is 26.3 Å². The van der Waals surface area contributed by atoms with Crippen LogP contribution in [0.15, 0.2) is 42.5 Å². The van der Waals surface area contributed by atoms with Crippen molar-refractivity contribution in [2.24, 2.45) is 0 Å². The van der Waals surface area contributed by atoms with Gasteiger partial charge >= 0.3 is 0 Å². The van der Waals surface area contributed by atoms with E-state index in [2.05, 4.69) is 17.2 Å². The number of rotatable bonds is 5. The van der Waals surface area contributed by atoms with Gasteiger partial charge in [0.1, 0.15) is 9.71 Å². The number of benzene rings is 1. The molecule has 1 aromatic carbocycles. The fourth-order valence-electron chi connectivity index (χ4n) is 2.46. The Morgan fingerprint density at radius 3 is 2.74 bits per heavy atom. The number of amides is 1. The first-order valence-corrected chi connectivity index (χ1v) is 8.50. The molecule has 5 heteroatoms. The monoisotopic (exact) mass is 325 g/mol. The van der Waals surface area contributed by atoms with Gasteiger partial charge in [-0.05, 0) is 24.1 Å². The van der Waals surface area contributed by atoms with Gasteiger partial charge in [-0.15, -0.1) is 11.3 Å². The number of hydrogen-bond donors (Lipinski definition) is 2. The molecule has 3 rings (SSSR count). The molecule has 0 spiro atoms. The molecule has 0 aliphatic heterocycles. The molecule has 2 heterocycles. The van der Waals surface area contributed by atoms with E-state index in [4.69, 9.17) is 5.73 Å². The van der Waals surface area contributed by atoms with Crippen LogP contribution in [0.5, 0.6) is 0 Å². The molecule has 0 aliphatic carbocycles. The molecule has 23 heavy (non-hydrogen) atoms. The first kappa shape index (κ1) is 15.5. The fraction of sp³-hybridized carbons (Fsp3) is 0.222. The van der Waals surface area contributed by atoms with Crippen LogP contribution in [0.1, 0.15) is 34.3 Å². The maximum atomic E-state index is 12.4. The minimum Gasteiger partial charge on any atom is -0.397 e. The average molecular weight is 325 g/mol. The van der Waals surface area contributed by atoms with Gasteiger partial charge < -0.3 is 11.1 Å². The minimum absolute atomic E-state index is 0.147. The second-order valence-corrected chi connectivity index (χ2v) is 6.42. The zero-order valence-corrected chi connectivity index (χ0v) is 13.8. The van der Waals surface area contributed by atoms with Crippen LogP contribution in [0.4, 0.5) is 5.69 Å². The van der Waals surface area contributed by atoms with E-state index in [0.29, 0.717) is 17.1 Å². The van der Waals surface area contributed by atoms with Gasteiger partial charge in [-0.3, -0.25) is 4.79 Å². The third kappa shape index (κ3) is 3.35. The predicted octanol–water partition coefficient (Wildman–Crippen LogP) is 3.76. The van der Waals surface area contributed by atoms with E-state index in [1.165, 1.54) is 11.3 Å². The highest BCUT2D eigenvalue weighted by Gasteiger charge is 2.17. The summed E-state index contributed by atoms with van der Waals surface area (Å²) in [6.07, 6.45) is 1.98. The molecule has 0 saturated carbocycles. The van der Waals surface area contributed by atoms with Crippen molar-refractivity contribution in [1.29, 1.82) is 0 Å². The molecule has 0 radical (unpaired) electrons. The van der Waals surface area contributed by atoms with Crippen molar-refractivity contribution in [3.05, 3.63) is 58.6 Å². The van der Waals surface area contributed by atoms with Crippen LogP contribution in [-0.4, -0.2) is 10.9 Å². The molecule has 0 atom stereocenters. The number of nitrogens with zero attached hydrogens (tertiary/aromatic N) is 1. The molecule has 0 unspecified atom stereocenters. The largest absolute Gasteiger partial charge is 0.397 e. The van der Waals surface area contributed by atoms with Crippen LogP contribution in [0.25, 0.3) is 10.2 Å². The summed E-state index contributed by atoms with van der Waals surface area (Å²) in [5.41, 5.74) is 8.76. The van der Waals surface area contributed by atoms with Crippen LogP contribution < -0.4 is 11.1 Å². The molecule has 0 fully saturated rings. The van der Waals surface area contributed by atoms with Crippen molar-refractivity contribution >= 4 is 33.1 Å². The predicted molar refractivity (Wildman–Crippen MR) is 95.6 cm³/mol. The molecule has 118 valence electrons. The molecule has 0 aliphatic rings. The van der Waals surface area contributed by atoms with Crippen molar-refractivity contribution in [1.82, 2.24) is 10.3 Å². The standard InChI is InChI=1S/C18H19N3OS/c1-2-6-13-9-10-14-15(19)16(23-18(14)21-13)17(22)20-11-12-7-4-3-5-8-12/h3-5,7-10H,2,6,11,19H2,1H3,(H,20,22). The van der Waals surface area contributed by atoms with Gasteiger partial charge in [0.2, 0.25) is 0 Å². The zero-order valence-electron chi connectivity index (χ0n) is 13.0. The SMILES string of the molecule is CCCc1ccc2c(N)c(C(=O)NCc3ccccc3)sc2n1. The van der Waals surface area contributed by atoms with Gasteiger partial charge in [0.25, 0.3) is 5.91 Å². The van der Waals surface area contributed by atoms with Gasteiger partial charge in [0, 0.05) is 17.6 Å². The molecule has 2 aromatic heterocycles. The lowest BCUT2D eigenvalue weighted by atomic mass is 10.2. The second-order valence-electron chi connectivity index (χ2n) is 5.42. The van der Waals surface area contributed by atoms with E-state index in [-0.39, 0.29) is 5.91 Å². The zero-order chi connectivity index (χ0) is 16.2. The number of carbonyl (C=O) groups is 1. The summed E-state index contributed by atoms with van der Waals surface area (Å²) in [6.45, 7) is 2.61. The molecule has 4 nitrogen and oxygen atoms in total. The lowest BCUT2D eigenvalue weighted by molar-refractivity contribution is 0.0956. The maximum Gasteiger partial charge on any atom is 0.263 e. The van der Waals surface area contributed by atoms with E-state index in [1.54, 1.807) is 0 Å². The molecule has 0 bridgehead atoms. The number of nitrogen functional groups attached to an aromatic ring is 1. The van der Waals surface area contributed by atoms with E-state index < -0.39 is 0 Å². The smallest absolute Gasteiger partial charge is 0.263 e. The maximum absolute atomic E-state index is 12.4. The Bertz CT molecular complexity index is 827. The Morgan fingerprint density at radius 2 is 2.00 bits per heavy atom. The lowest BCUT2D eigenvalue weighted by Gasteiger charge is -2.04. The molecule has 1 amide bonds. The summed E-state index contributed by atoms with van der Waals surface area (Å²) in [7, 11) is 0. The summed E-state index contributed by atoms with van der Waals surface area (Å²) in [5, 5.41) is 3.78. The highest BCUT2D eigenvalue weighted by molar-refractivity contribution is 7.21. The summed E-state index contributed by atoms with van der Waals surface area (Å²) in [4.78, 5) is 18.4. The van der Waals surface area contributed by atoms with Gasteiger partial charge in [0.15, 0.2) is 0 Å². The van der Waals surface area contributed by atoms with Crippen LogP contribution in [0.3, 0.4) is 0 Å². The van der Waals surface area contributed by atoms with E-state index in [0.717, 1.165) is 34.3 Å². The number of nitrogens with two attached hydrogens (primary N) is 1. The van der Waals surface area contributed by atoms with Gasteiger partial charge in [-0.1, -0.05) is 43.7 Å². The van der Waals surface area contributed by atoms with Gasteiger partial charge in [-0.2, -0.15) is 0 Å². The van der Waals surface area contributed by atoms with Crippen LogP contribution in [0, 0.1) is 0 Å². The highest BCUT2D eigenvalue weighted by atomic mass is 32.1. The third-order valence-corrected chi connectivity index (χ3v) is 4.77. The molecule has 0 saturated heterocycles. The average Bonchev–Trinajstić information content (AvgIpc) is 2.90. The van der Waals surface area contributed by atoms with Gasteiger partial charge in [0.05, 0.1) is 5.69 Å². The number of hydrogen-bond acceptors (Lipinski definition) is 4. The molecular weight excluding hydrogens is 306 g/mol. The van der Waals surface area contributed by atoms with Gasteiger partial charge in [-0.25, -0.2) is 4.98 Å². The van der Waals surface area contributed by atoms with Crippen molar-refractivity contribution in [3.8, 4) is 0 Å². The Morgan fingerprint density at radius 1 is 1.22 bits per heavy atom. The molecule has 3 N–H and O–H groups in total. The lowest BCUT2D eigenvalue weighted by Crippen LogP contribution is -2.22. The quantitative estimate of drug-likeness (QED) is 0.750.